The van der Waals surface area contributed by atoms with Crippen molar-refractivity contribution >= 4 is 21.6 Å². The summed E-state index contributed by atoms with van der Waals surface area (Å²) < 4.78 is 41.2. The molecule has 2 saturated heterocycles. The van der Waals surface area contributed by atoms with Crippen molar-refractivity contribution in [1.82, 2.24) is 13.8 Å². The molecule has 2 aliphatic heterocycles. The summed E-state index contributed by atoms with van der Waals surface area (Å²) in [6.07, 6.45) is 2.91. The van der Waals surface area contributed by atoms with Gasteiger partial charge >= 0.3 is 0 Å². The minimum Gasteiger partial charge on any atom is -0.368 e. The van der Waals surface area contributed by atoms with Gasteiger partial charge in [0.05, 0.1) is 4.90 Å². The predicted molar refractivity (Wildman–Crippen MR) is 114 cm³/mol. The third-order valence-corrected chi connectivity index (χ3v) is 7.67. The van der Waals surface area contributed by atoms with Crippen molar-refractivity contribution in [3.8, 4) is 0 Å². The van der Waals surface area contributed by atoms with Crippen LogP contribution in [0.2, 0.25) is 0 Å². The van der Waals surface area contributed by atoms with E-state index >= 15 is 0 Å². The van der Waals surface area contributed by atoms with Gasteiger partial charge in [-0.05, 0) is 43.2 Å². The second-order valence-corrected chi connectivity index (χ2v) is 9.72. The topological polar surface area (TPSA) is 82.9 Å². The summed E-state index contributed by atoms with van der Waals surface area (Å²) >= 11 is 0. The van der Waals surface area contributed by atoms with E-state index in [0.29, 0.717) is 39.3 Å². The Labute approximate surface area is 180 Å². The zero-order chi connectivity index (χ0) is 22.0. The Hall–Kier alpha value is -2.72. The van der Waals surface area contributed by atoms with Gasteiger partial charge in [-0.3, -0.25) is 9.59 Å². The first kappa shape index (κ1) is 21.5. The van der Waals surface area contributed by atoms with Crippen LogP contribution in [0.15, 0.2) is 52.3 Å². The number of rotatable bonds is 5. The fraction of sp³-hybridized carbons (Fsp3) is 0.429. The molecule has 0 radical (unpaired) electrons. The van der Waals surface area contributed by atoms with E-state index in [1.807, 2.05) is 0 Å². The summed E-state index contributed by atoms with van der Waals surface area (Å²) in [5.41, 5.74) is 0.475. The van der Waals surface area contributed by atoms with Crippen LogP contribution in [0.5, 0.6) is 0 Å². The van der Waals surface area contributed by atoms with E-state index in [-0.39, 0.29) is 23.2 Å². The molecule has 0 saturated carbocycles. The zero-order valence-electron chi connectivity index (χ0n) is 17.1. The lowest BCUT2D eigenvalue weighted by Crippen LogP contribution is -2.50. The summed E-state index contributed by atoms with van der Waals surface area (Å²) in [4.78, 5) is 28.8. The molecule has 2 aromatic rings. The van der Waals surface area contributed by atoms with Gasteiger partial charge in [0.15, 0.2) is 0 Å². The van der Waals surface area contributed by atoms with Crippen molar-refractivity contribution in [1.29, 1.82) is 0 Å². The number of pyridine rings is 1. The normalized spacial score (nSPS) is 17.8. The zero-order valence-corrected chi connectivity index (χ0v) is 17.9. The van der Waals surface area contributed by atoms with Crippen LogP contribution in [-0.2, 0) is 21.4 Å². The molecular formula is C21H25FN4O4S. The van der Waals surface area contributed by atoms with Crippen molar-refractivity contribution in [2.75, 3.05) is 44.2 Å². The molecule has 1 aromatic heterocycles. The summed E-state index contributed by atoms with van der Waals surface area (Å²) in [6.45, 7) is 2.86. The van der Waals surface area contributed by atoms with Crippen LogP contribution in [0, 0.1) is 5.82 Å². The Morgan fingerprint density at radius 2 is 1.55 bits per heavy atom. The van der Waals surface area contributed by atoms with E-state index in [1.165, 1.54) is 34.8 Å². The van der Waals surface area contributed by atoms with Crippen LogP contribution in [0.4, 0.5) is 10.1 Å². The second-order valence-electron chi connectivity index (χ2n) is 7.79. The molecule has 1 amide bonds. The number of benzene rings is 1. The Morgan fingerprint density at radius 3 is 2.19 bits per heavy atom. The molecule has 4 rings (SSSR count). The van der Waals surface area contributed by atoms with Crippen molar-refractivity contribution in [2.45, 2.75) is 24.3 Å². The van der Waals surface area contributed by atoms with Crippen LogP contribution in [-0.4, -0.2) is 67.4 Å². The van der Waals surface area contributed by atoms with E-state index in [4.69, 9.17) is 0 Å². The molecule has 31 heavy (non-hydrogen) atoms. The predicted octanol–water partition coefficient (Wildman–Crippen LogP) is 1.12. The smallest absolute Gasteiger partial charge is 0.251 e. The van der Waals surface area contributed by atoms with Crippen molar-refractivity contribution in [2.24, 2.45) is 0 Å². The average molecular weight is 449 g/mol. The highest BCUT2D eigenvalue weighted by molar-refractivity contribution is 7.89. The van der Waals surface area contributed by atoms with E-state index in [9.17, 15) is 22.4 Å². The second kappa shape index (κ2) is 8.80. The molecule has 0 bridgehead atoms. The molecule has 2 aliphatic rings. The van der Waals surface area contributed by atoms with Crippen LogP contribution >= 0.6 is 0 Å². The third kappa shape index (κ3) is 4.64. The molecular weight excluding hydrogens is 423 g/mol. The highest BCUT2D eigenvalue weighted by Gasteiger charge is 2.28. The molecule has 0 aliphatic carbocycles. The van der Waals surface area contributed by atoms with Gasteiger partial charge < -0.3 is 14.4 Å². The quantitative estimate of drug-likeness (QED) is 0.685. The van der Waals surface area contributed by atoms with Gasteiger partial charge in [0.2, 0.25) is 15.9 Å². The van der Waals surface area contributed by atoms with Gasteiger partial charge in [-0.15, -0.1) is 0 Å². The van der Waals surface area contributed by atoms with Gasteiger partial charge in [-0.1, -0.05) is 0 Å². The molecule has 0 unspecified atom stereocenters. The lowest BCUT2D eigenvalue weighted by Gasteiger charge is -2.36. The maximum absolute atomic E-state index is 13.1. The lowest BCUT2D eigenvalue weighted by atomic mass is 10.2. The number of sulfonamides is 1. The summed E-state index contributed by atoms with van der Waals surface area (Å²) in [5.74, 6) is -0.534. The maximum atomic E-state index is 13.1. The first-order valence-corrected chi connectivity index (χ1v) is 11.8. The highest BCUT2D eigenvalue weighted by atomic mass is 32.2. The lowest BCUT2D eigenvalue weighted by molar-refractivity contribution is -0.132. The van der Waals surface area contributed by atoms with Crippen molar-refractivity contribution in [3.05, 3.63) is 58.8 Å². The summed E-state index contributed by atoms with van der Waals surface area (Å²) in [5, 5.41) is 0. The molecule has 0 N–H and O–H groups in total. The fourth-order valence-corrected chi connectivity index (χ4v) is 5.51. The minimum atomic E-state index is -3.66. The Morgan fingerprint density at radius 1 is 0.903 bits per heavy atom. The fourth-order valence-electron chi connectivity index (χ4n) is 3.97. The highest BCUT2D eigenvalue weighted by Crippen LogP contribution is 2.20. The number of aromatic nitrogens is 1. The molecule has 0 spiro atoms. The van der Waals surface area contributed by atoms with Crippen LogP contribution in [0.1, 0.15) is 12.8 Å². The van der Waals surface area contributed by atoms with Gasteiger partial charge in [0.1, 0.15) is 12.4 Å². The number of nitrogens with zero attached hydrogens (tertiary/aromatic N) is 4. The third-order valence-electron chi connectivity index (χ3n) is 5.79. The monoisotopic (exact) mass is 448 g/mol. The molecule has 8 nitrogen and oxygen atoms in total. The number of amides is 1. The number of hydrogen-bond acceptors (Lipinski definition) is 5. The van der Waals surface area contributed by atoms with Gasteiger partial charge in [-0.2, -0.15) is 4.31 Å². The van der Waals surface area contributed by atoms with Gasteiger partial charge in [0, 0.05) is 57.2 Å². The van der Waals surface area contributed by atoms with Crippen molar-refractivity contribution in [3.63, 3.8) is 0 Å². The Bertz CT molecular complexity index is 1100. The minimum absolute atomic E-state index is 0.0305. The number of piperazine rings is 1. The van der Waals surface area contributed by atoms with E-state index in [1.54, 1.807) is 17.0 Å². The SMILES string of the molecule is O=C(Cn1cc(S(=O)(=O)N2CCCC2)ccc1=O)N1CCN(c2ccc(F)cc2)CC1. The molecule has 0 atom stereocenters. The van der Waals surface area contributed by atoms with E-state index in [0.717, 1.165) is 23.1 Å². The standard InChI is InChI=1S/C21H25FN4O4S/c22-17-3-5-18(6-4-17)23-11-13-24(14-12-23)21(28)16-25-15-19(7-8-20(25)27)31(29,30)26-9-1-2-10-26/h3-8,15H,1-2,9-14,16H2. The van der Waals surface area contributed by atoms with Gasteiger partial charge in [0.25, 0.3) is 5.56 Å². The first-order chi connectivity index (χ1) is 14.8. The Balaban J connectivity index is 1.42. The summed E-state index contributed by atoms with van der Waals surface area (Å²) in [6, 6.07) is 8.73. The number of anilines is 1. The number of halogens is 1. The molecule has 1 aromatic carbocycles. The van der Waals surface area contributed by atoms with E-state index < -0.39 is 15.6 Å². The van der Waals surface area contributed by atoms with Crippen LogP contribution in [0.25, 0.3) is 0 Å². The van der Waals surface area contributed by atoms with Crippen LogP contribution < -0.4 is 10.5 Å². The number of carbonyl (C=O) groups is 1. The number of carbonyl (C=O) groups excluding carboxylic acids is 1. The molecule has 166 valence electrons. The first-order valence-electron chi connectivity index (χ1n) is 10.3. The molecule has 3 heterocycles. The maximum Gasteiger partial charge on any atom is 0.251 e. The van der Waals surface area contributed by atoms with Crippen LogP contribution in [0.3, 0.4) is 0 Å². The molecule has 2 fully saturated rings. The van der Waals surface area contributed by atoms with E-state index in [2.05, 4.69) is 4.90 Å². The van der Waals surface area contributed by atoms with Gasteiger partial charge in [-0.25, -0.2) is 12.8 Å². The van der Waals surface area contributed by atoms with Crippen molar-refractivity contribution < 1.29 is 17.6 Å². The summed E-state index contributed by atoms with van der Waals surface area (Å²) in [7, 11) is -3.66. The Kier molecular flexibility index (Phi) is 6.10. The number of hydrogen-bond donors (Lipinski definition) is 0. The average Bonchev–Trinajstić information content (AvgIpc) is 3.32. The molecule has 10 heteroatoms. The largest absolute Gasteiger partial charge is 0.368 e.